The molecule has 3 rings (SSSR count). The molecule has 2 aromatic rings. The van der Waals surface area contributed by atoms with E-state index in [4.69, 9.17) is 9.47 Å². The van der Waals surface area contributed by atoms with Gasteiger partial charge in [-0.3, -0.25) is 4.79 Å². The predicted molar refractivity (Wildman–Crippen MR) is 94.3 cm³/mol. The van der Waals surface area contributed by atoms with Gasteiger partial charge in [0.05, 0.1) is 12.7 Å². The monoisotopic (exact) mass is 330 g/mol. The third kappa shape index (κ3) is 3.90. The fourth-order valence-corrected chi connectivity index (χ4v) is 3.38. The van der Waals surface area contributed by atoms with Gasteiger partial charge in [0.1, 0.15) is 5.75 Å². The standard InChI is InChI=1S/C19H26N2O3/c1-19(2)13-15(8-11-24-19)20-18(22)7-10-21-9-6-14-12-16(23-3)4-5-17(14)21/h4-6,9,12,15H,7-8,10-11,13H2,1-3H3,(H,20,22)/t15-/m0/s1. The van der Waals surface area contributed by atoms with E-state index < -0.39 is 0 Å². The third-order valence-electron chi connectivity index (χ3n) is 4.62. The largest absolute Gasteiger partial charge is 0.497 e. The lowest BCUT2D eigenvalue weighted by atomic mass is 9.94. The van der Waals surface area contributed by atoms with Crippen molar-refractivity contribution in [1.29, 1.82) is 0 Å². The van der Waals surface area contributed by atoms with Crippen LogP contribution < -0.4 is 10.1 Å². The summed E-state index contributed by atoms with van der Waals surface area (Å²) in [6.07, 6.45) is 4.26. The zero-order valence-corrected chi connectivity index (χ0v) is 14.7. The number of methoxy groups -OCH3 is 1. The smallest absolute Gasteiger partial charge is 0.222 e. The minimum atomic E-state index is -0.147. The summed E-state index contributed by atoms with van der Waals surface area (Å²) in [5.41, 5.74) is 0.974. The highest BCUT2D eigenvalue weighted by atomic mass is 16.5. The Kier molecular flexibility index (Phi) is 4.81. The zero-order chi connectivity index (χ0) is 17.2. The number of ether oxygens (including phenoxy) is 2. The molecule has 0 radical (unpaired) electrons. The molecule has 1 fully saturated rings. The van der Waals surface area contributed by atoms with Crippen LogP contribution >= 0.6 is 0 Å². The average Bonchev–Trinajstić information content (AvgIpc) is 2.94. The summed E-state index contributed by atoms with van der Waals surface area (Å²) in [5, 5.41) is 4.28. The SMILES string of the molecule is COc1ccc2c(ccn2CCC(=O)N[C@H]2CCOC(C)(C)C2)c1. The van der Waals surface area contributed by atoms with E-state index in [1.54, 1.807) is 7.11 Å². The number of nitrogens with zero attached hydrogens (tertiary/aromatic N) is 1. The quantitative estimate of drug-likeness (QED) is 0.916. The minimum absolute atomic E-state index is 0.105. The molecule has 1 aliphatic heterocycles. The maximum atomic E-state index is 12.3. The van der Waals surface area contributed by atoms with Crippen LogP contribution in [0.25, 0.3) is 10.9 Å². The maximum Gasteiger partial charge on any atom is 0.222 e. The van der Waals surface area contributed by atoms with E-state index in [0.29, 0.717) is 19.6 Å². The number of aromatic nitrogens is 1. The van der Waals surface area contributed by atoms with Crippen LogP contribution in [0.3, 0.4) is 0 Å². The molecule has 24 heavy (non-hydrogen) atoms. The van der Waals surface area contributed by atoms with Crippen molar-refractivity contribution in [2.45, 2.75) is 51.3 Å². The van der Waals surface area contributed by atoms with Crippen LogP contribution in [0.5, 0.6) is 5.75 Å². The number of hydrogen-bond donors (Lipinski definition) is 1. The second-order valence-electron chi connectivity index (χ2n) is 7.05. The van der Waals surface area contributed by atoms with E-state index in [1.165, 1.54) is 0 Å². The Hall–Kier alpha value is -2.01. The highest BCUT2D eigenvalue weighted by Crippen LogP contribution is 2.24. The normalized spacial score (nSPS) is 20.0. The molecule has 1 aromatic heterocycles. The first kappa shape index (κ1) is 16.8. The van der Waals surface area contributed by atoms with Crippen molar-refractivity contribution in [2.24, 2.45) is 0 Å². The summed E-state index contributed by atoms with van der Waals surface area (Å²) in [6.45, 7) is 5.54. The van der Waals surface area contributed by atoms with Crippen molar-refractivity contribution in [1.82, 2.24) is 9.88 Å². The number of hydrogen-bond acceptors (Lipinski definition) is 3. The number of fused-ring (bicyclic) bond motifs is 1. The Morgan fingerprint density at radius 2 is 2.25 bits per heavy atom. The molecule has 0 aliphatic carbocycles. The van der Waals surface area contributed by atoms with Crippen LogP contribution in [0.4, 0.5) is 0 Å². The topological polar surface area (TPSA) is 52.5 Å². The van der Waals surface area contributed by atoms with Gasteiger partial charge in [-0.1, -0.05) is 0 Å². The second-order valence-corrected chi connectivity index (χ2v) is 7.05. The van der Waals surface area contributed by atoms with E-state index in [0.717, 1.165) is 29.5 Å². The Morgan fingerprint density at radius 3 is 3.00 bits per heavy atom. The number of amides is 1. The summed E-state index contributed by atoms with van der Waals surface area (Å²) < 4.78 is 13.1. The number of carbonyl (C=O) groups excluding carboxylic acids is 1. The van der Waals surface area contributed by atoms with Gasteiger partial charge in [-0.05, 0) is 51.0 Å². The second kappa shape index (κ2) is 6.85. The van der Waals surface area contributed by atoms with Gasteiger partial charge in [-0.15, -0.1) is 0 Å². The Labute approximate surface area is 142 Å². The maximum absolute atomic E-state index is 12.3. The molecule has 2 heterocycles. The van der Waals surface area contributed by atoms with Crippen LogP contribution in [0.2, 0.25) is 0 Å². The highest BCUT2D eigenvalue weighted by Gasteiger charge is 2.29. The van der Waals surface area contributed by atoms with Gasteiger partial charge in [0.25, 0.3) is 0 Å². The fraction of sp³-hybridized carbons (Fsp3) is 0.526. The molecule has 0 bridgehead atoms. The lowest BCUT2D eigenvalue weighted by Gasteiger charge is -2.35. The molecular weight excluding hydrogens is 304 g/mol. The van der Waals surface area contributed by atoms with Gasteiger partial charge < -0.3 is 19.4 Å². The van der Waals surface area contributed by atoms with Crippen LogP contribution in [-0.2, 0) is 16.1 Å². The molecule has 1 saturated heterocycles. The van der Waals surface area contributed by atoms with Gasteiger partial charge >= 0.3 is 0 Å². The van der Waals surface area contributed by atoms with Gasteiger partial charge in [0, 0.05) is 42.7 Å². The van der Waals surface area contributed by atoms with E-state index in [2.05, 4.69) is 29.8 Å². The molecule has 5 heteroatoms. The van der Waals surface area contributed by atoms with E-state index in [9.17, 15) is 4.79 Å². The Balaban J connectivity index is 1.56. The number of benzene rings is 1. The Bertz CT molecular complexity index is 720. The first-order valence-corrected chi connectivity index (χ1v) is 8.53. The highest BCUT2D eigenvalue weighted by molar-refractivity contribution is 5.82. The van der Waals surface area contributed by atoms with E-state index in [-0.39, 0.29) is 17.6 Å². The van der Waals surface area contributed by atoms with Crippen LogP contribution in [0.15, 0.2) is 30.5 Å². The molecule has 1 aromatic carbocycles. The van der Waals surface area contributed by atoms with Gasteiger partial charge in [-0.25, -0.2) is 0 Å². The molecule has 0 unspecified atom stereocenters. The summed E-state index contributed by atoms with van der Waals surface area (Å²) in [7, 11) is 1.67. The molecule has 130 valence electrons. The summed E-state index contributed by atoms with van der Waals surface area (Å²) >= 11 is 0. The molecule has 1 amide bonds. The van der Waals surface area contributed by atoms with E-state index >= 15 is 0 Å². The summed E-state index contributed by atoms with van der Waals surface area (Å²) in [6, 6.07) is 8.26. The van der Waals surface area contributed by atoms with Crippen molar-refractivity contribution < 1.29 is 14.3 Å². The van der Waals surface area contributed by atoms with Gasteiger partial charge in [0.15, 0.2) is 0 Å². The summed E-state index contributed by atoms with van der Waals surface area (Å²) in [4.78, 5) is 12.3. The Morgan fingerprint density at radius 1 is 1.42 bits per heavy atom. The zero-order valence-electron chi connectivity index (χ0n) is 14.7. The lowest BCUT2D eigenvalue weighted by Crippen LogP contribution is -2.45. The van der Waals surface area contributed by atoms with Gasteiger partial charge in [0.2, 0.25) is 5.91 Å². The average molecular weight is 330 g/mol. The molecule has 0 spiro atoms. The fourth-order valence-electron chi connectivity index (χ4n) is 3.38. The molecular formula is C19H26N2O3. The number of carbonyl (C=O) groups is 1. The lowest BCUT2D eigenvalue weighted by molar-refractivity contribution is -0.124. The molecule has 1 aliphatic rings. The summed E-state index contributed by atoms with van der Waals surface area (Å²) in [5.74, 6) is 0.952. The van der Waals surface area contributed by atoms with E-state index in [1.807, 2.05) is 24.4 Å². The third-order valence-corrected chi connectivity index (χ3v) is 4.62. The molecule has 5 nitrogen and oxygen atoms in total. The predicted octanol–water partition coefficient (Wildman–Crippen LogP) is 3.11. The van der Waals surface area contributed by atoms with Crippen molar-refractivity contribution in [3.63, 3.8) is 0 Å². The van der Waals surface area contributed by atoms with Crippen molar-refractivity contribution >= 4 is 16.8 Å². The van der Waals surface area contributed by atoms with Crippen LogP contribution in [0, 0.1) is 0 Å². The minimum Gasteiger partial charge on any atom is -0.497 e. The number of rotatable bonds is 5. The molecule has 0 saturated carbocycles. The number of aryl methyl sites for hydroxylation is 1. The first-order chi connectivity index (χ1) is 11.5. The number of nitrogens with one attached hydrogen (secondary N) is 1. The molecule has 1 atom stereocenters. The first-order valence-electron chi connectivity index (χ1n) is 8.53. The van der Waals surface area contributed by atoms with Gasteiger partial charge in [-0.2, -0.15) is 0 Å². The van der Waals surface area contributed by atoms with Crippen molar-refractivity contribution in [3.05, 3.63) is 30.5 Å². The van der Waals surface area contributed by atoms with Crippen LogP contribution in [0.1, 0.15) is 33.1 Å². The van der Waals surface area contributed by atoms with Crippen molar-refractivity contribution in [2.75, 3.05) is 13.7 Å². The molecule has 1 N–H and O–H groups in total. The van der Waals surface area contributed by atoms with Crippen molar-refractivity contribution in [3.8, 4) is 5.75 Å². The van der Waals surface area contributed by atoms with Crippen LogP contribution in [-0.4, -0.2) is 35.8 Å².